The SMILES string of the molecule is C[C@@]1(O)CCC[C@H]1n1c(=O)c(C(F)F)cc2cnc(NC3CCN(S(=O)(=O)N4CCC4)CC3)nc21. The topological polar surface area (TPSA) is 121 Å². The summed E-state index contributed by atoms with van der Waals surface area (Å²) in [6.07, 6.45) is 2.05. The second-order valence-electron chi connectivity index (χ2n) is 9.89. The predicted molar refractivity (Wildman–Crippen MR) is 126 cm³/mol. The van der Waals surface area contributed by atoms with Crippen molar-refractivity contribution in [1.29, 1.82) is 0 Å². The summed E-state index contributed by atoms with van der Waals surface area (Å²) >= 11 is 0. The Hall–Kier alpha value is -2.22. The maximum atomic E-state index is 13.6. The molecular formula is C22H30F2N6O4S. The Bertz CT molecular complexity index is 1270. The zero-order valence-electron chi connectivity index (χ0n) is 19.5. The Kier molecular flexibility index (Phi) is 6.31. The molecule has 2 atom stereocenters. The third kappa shape index (κ3) is 4.43. The van der Waals surface area contributed by atoms with Crippen LogP contribution in [0.2, 0.25) is 0 Å². The van der Waals surface area contributed by atoms with E-state index >= 15 is 0 Å². The Morgan fingerprint density at radius 2 is 1.83 bits per heavy atom. The number of nitrogens with one attached hydrogen (secondary N) is 1. The molecule has 3 aliphatic rings. The number of halogens is 2. The molecule has 192 valence electrons. The van der Waals surface area contributed by atoms with Crippen LogP contribution < -0.4 is 10.9 Å². The summed E-state index contributed by atoms with van der Waals surface area (Å²) in [5.74, 6) is 0.233. The number of hydrogen-bond donors (Lipinski definition) is 2. The van der Waals surface area contributed by atoms with E-state index in [2.05, 4.69) is 15.3 Å². The highest BCUT2D eigenvalue weighted by molar-refractivity contribution is 7.86. The molecule has 2 aromatic rings. The van der Waals surface area contributed by atoms with Crippen molar-refractivity contribution in [1.82, 2.24) is 23.1 Å². The Morgan fingerprint density at radius 3 is 2.40 bits per heavy atom. The fourth-order valence-corrected chi connectivity index (χ4v) is 7.01. The number of pyridine rings is 1. The van der Waals surface area contributed by atoms with Gasteiger partial charge in [0.2, 0.25) is 5.95 Å². The first-order valence-corrected chi connectivity index (χ1v) is 13.4. The van der Waals surface area contributed by atoms with Crippen molar-refractivity contribution in [2.45, 2.75) is 69.6 Å². The molecule has 0 spiro atoms. The molecule has 0 amide bonds. The lowest BCUT2D eigenvalue weighted by Crippen LogP contribution is -2.53. The molecule has 10 nitrogen and oxygen atoms in total. The van der Waals surface area contributed by atoms with Gasteiger partial charge in [-0.05, 0) is 51.5 Å². The zero-order chi connectivity index (χ0) is 25.0. The van der Waals surface area contributed by atoms with Gasteiger partial charge in [-0.25, -0.2) is 13.8 Å². The van der Waals surface area contributed by atoms with Gasteiger partial charge in [0, 0.05) is 43.8 Å². The van der Waals surface area contributed by atoms with E-state index in [1.165, 1.54) is 19.4 Å². The van der Waals surface area contributed by atoms with Crippen LogP contribution in [-0.2, 0) is 10.2 Å². The van der Waals surface area contributed by atoms with E-state index in [0.29, 0.717) is 63.7 Å². The van der Waals surface area contributed by atoms with Crippen LogP contribution in [0, 0.1) is 0 Å². The molecule has 1 saturated carbocycles. The van der Waals surface area contributed by atoms with Crippen molar-refractivity contribution in [3.8, 4) is 0 Å². The van der Waals surface area contributed by atoms with Gasteiger partial charge in [0.05, 0.1) is 17.2 Å². The molecule has 13 heteroatoms. The first-order chi connectivity index (χ1) is 16.6. The van der Waals surface area contributed by atoms with E-state index < -0.39 is 39.4 Å². The van der Waals surface area contributed by atoms with Gasteiger partial charge in [-0.15, -0.1) is 0 Å². The second-order valence-corrected chi connectivity index (χ2v) is 11.8. The van der Waals surface area contributed by atoms with Crippen LogP contribution >= 0.6 is 0 Å². The van der Waals surface area contributed by atoms with Crippen LogP contribution in [0.5, 0.6) is 0 Å². The van der Waals surface area contributed by atoms with Gasteiger partial charge in [-0.2, -0.15) is 22.0 Å². The molecule has 2 aliphatic heterocycles. The minimum atomic E-state index is -3.41. The zero-order valence-corrected chi connectivity index (χ0v) is 20.3. The van der Waals surface area contributed by atoms with Crippen LogP contribution in [0.25, 0.3) is 11.0 Å². The van der Waals surface area contributed by atoms with Gasteiger partial charge in [0.25, 0.3) is 22.2 Å². The summed E-state index contributed by atoms with van der Waals surface area (Å²) in [6, 6.07) is 0.366. The first kappa shape index (κ1) is 24.5. The van der Waals surface area contributed by atoms with E-state index in [-0.39, 0.29) is 17.6 Å². The molecule has 2 saturated heterocycles. The third-order valence-electron chi connectivity index (χ3n) is 7.48. The monoisotopic (exact) mass is 512 g/mol. The predicted octanol–water partition coefficient (Wildman–Crippen LogP) is 2.03. The number of hydrogen-bond acceptors (Lipinski definition) is 7. The number of rotatable bonds is 6. The lowest BCUT2D eigenvalue weighted by Gasteiger charge is -2.38. The van der Waals surface area contributed by atoms with Crippen molar-refractivity contribution >= 4 is 27.2 Å². The van der Waals surface area contributed by atoms with E-state index in [1.54, 1.807) is 6.92 Å². The smallest absolute Gasteiger partial charge is 0.281 e. The summed E-state index contributed by atoms with van der Waals surface area (Å²) in [5, 5.41) is 14.3. The van der Waals surface area contributed by atoms with Gasteiger partial charge in [0.1, 0.15) is 5.65 Å². The summed E-state index contributed by atoms with van der Waals surface area (Å²) < 4.78 is 56.6. The minimum absolute atomic E-state index is 0.0783. The van der Waals surface area contributed by atoms with Gasteiger partial charge in [-0.1, -0.05) is 0 Å². The standard InChI is InChI=1S/C22H30F2N6O4S/c1-22(32)7-2-4-17(22)30-19-14(12-16(18(23)24)20(30)31)13-25-21(27-19)26-15-5-10-29(11-6-15)35(33,34)28-8-3-9-28/h12-13,15,17-18,32H,2-11H2,1H3,(H,25,26,27)/t17-,22-/m1/s1. The molecule has 4 heterocycles. The third-order valence-corrected chi connectivity index (χ3v) is 9.52. The highest BCUT2D eigenvalue weighted by Gasteiger charge is 2.40. The van der Waals surface area contributed by atoms with Crippen molar-refractivity contribution in [3.63, 3.8) is 0 Å². The van der Waals surface area contributed by atoms with Crippen LogP contribution in [-0.4, -0.2) is 74.5 Å². The molecule has 5 rings (SSSR count). The van der Waals surface area contributed by atoms with Gasteiger partial charge < -0.3 is 10.4 Å². The van der Waals surface area contributed by atoms with Gasteiger partial charge in [-0.3, -0.25) is 9.36 Å². The largest absolute Gasteiger partial charge is 0.388 e. The van der Waals surface area contributed by atoms with Gasteiger partial charge in [0.15, 0.2) is 0 Å². The molecular weight excluding hydrogens is 482 g/mol. The number of piperidine rings is 1. The van der Waals surface area contributed by atoms with Crippen LogP contribution in [0.3, 0.4) is 0 Å². The van der Waals surface area contributed by atoms with Crippen LogP contribution in [0.1, 0.15) is 63.5 Å². The number of anilines is 1. The lowest BCUT2D eigenvalue weighted by molar-refractivity contribution is 0.0261. The fourth-order valence-electron chi connectivity index (χ4n) is 5.29. The number of nitrogens with zero attached hydrogens (tertiary/aromatic N) is 5. The summed E-state index contributed by atoms with van der Waals surface area (Å²) in [6.45, 7) is 3.48. The highest BCUT2D eigenvalue weighted by Crippen LogP contribution is 2.40. The van der Waals surface area contributed by atoms with Gasteiger partial charge >= 0.3 is 0 Å². The van der Waals surface area contributed by atoms with Crippen molar-refractivity contribution in [2.24, 2.45) is 0 Å². The van der Waals surface area contributed by atoms with Crippen molar-refractivity contribution in [3.05, 3.63) is 28.2 Å². The average molecular weight is 513 g/mol. The average Bonchev–Trinajstić information content (AvgIpc) is 3.10. The highest BCUT2D eigenvalue weighted by atomic mass is 32.2. The minimum Gasteiger partial charge on any atom is -0.388 e. The Balaban J connectivity index is 1.41. The molecule has 2 aromatic heterocycles. The molecule has 3 fully saturated rings. The lowest BCUT2D eigenvalue weighted by atomic mass is 9.99. The van der Waals surface area contributed by atoms with E-state index in [4.69, 9.17) is 0 Å². The summed E-state index contributed by atoms with van der Waals surface area (Å²) in [4.78, 5) is 21.8. The van der Waals surface area contributed by atoms with Crippen LogP contribution in [0.4, 0.5) is 14.7 Å². The maximum Gasteiger partial charge on any atom is 0.281 e. The Morgan fingerprint density at radius 1 is 1.14 bits per heavy atom. The summed E-state index contributed by atoms with van der Waals surface area (Å²) in [5.41, 5.74) is -2.51. The van der Waals surface area contributed by atoms with Crippen LogP contribution in [0.15, 0.2) is 17.1 Å². The first-order valence-electron chi connectivity index (χ1n) is 12.0. The number of fused-ring (bicyclic) bond motifs is 1. The molecule has 0 unspecified atom stereocenters. The van der Waals surface area contributed by atoms with Crippen molar-refractivity contribution < 1.29 is 22.3 Å². The molecule has 2 N–H and O–H groups in total. The quantitative estimate of drug-likeness (QED) is 0.608. The molecule has 1 aliphatic carbocycles. The van der Waals surface area contributed by atoms with Crippen molar-refractivity contribution in [2.75, 3.05) is 31.5 Å². The normalized spacial score (nSPS) is 26.9. The van der Waals surface area contributed by atoms with E-state index in [1.807, 2.05) is 0 Å². The molecule has 0 bridgehead atoms. The Labute approximate surface area is 202 Å². The van der Waals surface area contributed by atoms with E-state index in [0.717, 1.165) is 12.5 Å². The summed E-state index contributed by atoms with van der Waals surface area (Å²) in [7, 11) is -3.41. The number of aliphatic hydroxyl groups is 1. The maximum absolute atomic E-state index is 13.6. The molecule has 0 aromatic carbocycles. The second kappa shape index (κ2) is 9.02. The molecule has 35 heavy (non-hydrogen) atoms. The van der Waals surface area contributed by atoms with E-state index in [9.17, 15) is 27.1 Å². The number of alkyl halides is 2. The number of aromatic nitrogens is 3. The fraction of sp³-hybridized carbons (Fsp3) is 0.682. The molecule has 0 radical (unpaired) electrons.